The molecule has 1 aromatic carbocycles. The highest BCUT2D eigenvalue weighted by Gasteiger charge is 2.18. The average molecular weight is 494 g/mol. The van der Waals surface area contributed by atoms with Gasteiger partial charge in [0.05, 0.1) is 0 Å². The van der Waals surface area contributed by atoms with Crippen molar-refractivity contribution in [1.82, 2.24) is 10.6 Å². The van der Waals surface area contributed by atoms with Gasteiger partial charge in [0, 0.05) is 24.2 Å². The summed E-state index contributed by atoms with van der Waals surface area (Å²) in [5, 5.41) is 26.8. The fraction of sp³-hybridized carbons (Fsp3) is 0.667. The largest absolute Gasteiger partial charge is 0.491 e. The Kier molecular flexibility index (Phi) is 17.8. The predicted molar refractivity (Wildman–Crippen MR) is 136 cm³/mol. The second-order valence-electron chi connectivity index (χ2n) is 7.94. The first-order valence-electron chi connectivity index (χ1n) is 11.5. The van der Waals surface area contributed by atoms with Crippen LogP contribution in [0.3, 0.4) is 0 Å². The summed E-state index contributed by atoms with van der Waals surface area (Å²) in [4.78, 5) is 0. The van der Waals surface area contributed by atoms with E-state index in [1.54, 1.807) is 0 Å². The quantitative estimate of drug-likeness (QED) is 0.209. The maximum absolute atomic E-state index is 10.2. The van der Waals surface area contributed by atoms with E-state index in [1.807, 2.05) is 12.1 Å². The number of aliphatic hydroxyl groups is 2. The lowest BCUT2D eigenvalue weighted by molar-refractivity contribution is 0.103. The Morgan fingerprint density at radius 1 is 0.781 bits per heavy atom. The number of allylic oxidation sites excluding steroid dienone is 2. The van der Waals surface area contributed by atoms with E-state index in [0.29, 0.717) is 13.1 Å². The summed E-state index contributed by atoms with van der Waals surface area (Å²) in [6, 6.07) is 3.83. The normalized spacial score (nSPS) is 14.0. The number of rotatable bonds is 16. The van der Waals surface area contributed by atoms with Gasteiger partial charge in [0.2, 0.25) is 0 Å². The highest BCUT2D eigenvalue weighted by atomic mass is 35.5. The second-order valence-corrected chi connectivity index (χ2v) is 7.94. The molecule has 0 heterocycles. The van der Waals surface area contributed by atoms with E-state index in [1.165, 1.54) is 0 Å². The zero-order chi connectivity index (χ0) is 21.6. The number of fused-ring (bicyclic) bond motifs is 1. The zero-order valence-corrected chi connectivity index (χ0v) is 21.1. The molecule has 0 radical (unpaired) electrons. The van der Waals surface area contributed by atoms with Gasteiger partial charge in [0.15, 0.2) is 0 Å². The van der Waals surface area contributed by atoms with Crippen LogP contribution in [0.25, 0.3) is 0 Å². The molecule has 0 spiro atoms. The van der Waals surface area contributed by atoms with Crippen LogP contribution in [0.5, 0.6) is 11.5 Å². The molecular formula is C24H42Cl2N2O4. The zero-order valence-electron chi connectivity index (χ0n) is 19.5. The summed E-state index contributed by atoms with van der Waals surface area (Å²) in [6.45, 7) is 7.73. The molecule has 0 amide bonds. The van der Waals surface area contributed by atoms with Crippen molar-refractivity contribution in [2.45, 2.75) is 64.6 Å². The lowest BCUT2D eigenvalue weighted by atomic mass is 9.95. The third kappa shape index (κ3) is 11.2. The van der Waals surface area contributed by atoms with Crippen molar-refractivity contribution < 1.29 is 19.7 Å². The number of halogens is 2. The first-order valence-corrected chi connectivity index (χ1v) is 11.5. The molecule has 0 aliphatic heterocycles. The molecule has 186 valence electrons. The van der Waals surface area contributed by atoms with Crippen molar-refractivity contribution in [1.29, 1.82) is 0 Å². The van der Waals surface area contributed by atoms with E-state index >= 15 is 0 Å². The van der Waals surface area contributed by atoms with Gasteiger partial charge < -0.3 is 30.3 Å². The SMILES string of the molecule is CCCCNCC(O)COc1ccc(OCC(O)CNCCCC)c2c1CC=CC2.Cl.Cl. The van der Waals surface area contributed by atoms with Gasteiger partial charge in [-0.1, -0.05) is 38.8 Å². The number of ether oxygens (including phenoxy) is 2. The highest BCUT2D eigenvalue weighted by molar-refractivity contribution is 5.85. The molecule has 0 fully saturated rings. The number of nitrogens with one attached hydrogen (secondary N) is 2. The number of unbranched alkanes of at least 4 members (excludes halogenated alkanes) is 2. The Balaban J connectivity index is 0.00000480. The molecular weight excluding hydrogens is 451 g/mol. The van der Waals surface area contributed by atoms with Crippen LogP contribution in [-0.2, 0) is 12.8 Å². The van der Waals surface area contributed by atoms with Crippen molar-refractivity contribution in [3.63, 3.8) is 0 Å². The summed E-state index contributed by atoms with van der Waals surface area (Å²) in [5.41, 5.74) is 2.22. The van der Waals surface area contributed by atoms with E-state index in [0.717, 1.165) is 74.2 Å². The first-order chi connectivity index (χ1) is 14.7. The highest BCUT2D eigenvalue weighted by Crippen LogP contribution is 2.34. The van der Waals surface area contributed by atoms with Gasteiger partial charge in [-0.15, -0.1) is 24.8 Å². The summed E-state index contributed by atoms with van der Waals surface area (Å²) in [5.74, 6) is 1.60. The summed E-state index contributed by atoms with van der Waals surface area (Å²) in [7, 11) is 0. The first kappa shape index (κ1) is 31.0. The Morgan fingerprint density at radius 3 is 1.56 bits per heavy atom. The summed E-state index contributed by atoms with van der Waals surface area (Å²) < 4.78 is 11.9. The lowest BCUT2D eigenvalue weighted by Crippen LogP contribution is -2.32. The number of hydrogen-bond donors (Lipinski definition) is 4. The molecule has 32 heavy (non-hydrogen) atoms. The molecule has 2 unspecified atom stereocenters. The van der Waals surface area contributed by atoms with Crippen molar-refractivity contribution in [3.05, 3.63) is 35.4 Å². The fourth-order valence-corrected chi connectivity index (χ4v) is 3.40. The molecule has 0 aromatic heterocycles. The molecule has 1 aromatic rings. The molecule has 1 aliphatic rings. The number of benzene rings is 1. The van der Waals surface area contributed by atoms with E-state index in [2.05, 4.69) is 36.6 Å². The van der Waals surface area contributed by atoms with Crippen LogP contribution < -0.4 is 20.1 Å². The molecule has 0 bridgehead atoms. The van der Waals surface area contributed by atoms with E-state index in [4.69, 9.17) is 9.47 Å². The van der Waals surface area contributed by atoms with Crippen molar-refractivity contribution in [3.8, 4) is 11.5 Å². The Morgan fingerprint density at radius 2 is 1.19 bits per heavy atom. The number of aliphatic hydroxyl groups excluding tert-OH is 2. The lowest BCUT2D eigenvalue weighted by Gasteiger charge is -2.22. The maximum Gasteiger partial charge on any atom is 0.123 e. The van der Waals surface area contributed by atoms with E-state index in [9.17, 15) is 10.2 Å². The van der Waals surface area contributed by atoms with Gasteiger partial charge in [-0.3, -0.25) is 0 Å². The standard InChI is InChI=1S/C24H40N2O4.2ClH/c1-3-5-13-25-15-19(27)17-29-23-11-12-24(22-10-8-7-9-21(22)23)30-18-20(28)16-26-14-6-4-2;;/h7-8,11-12,19-20,25-28H,3-6,9-10,13-18H2,1-2H3;2*1H. The van der Waals surface area contributed by atoms with Crippen LogP contribution in [0.2, 0.25) is 0 Å². The minimum absolute atomic E-state index is 0. The van der Waals surface area contributed by atoms with Gasteiger partial charge in [-0.05, 0) is 50.9 Å². The Bertz CT molecular complexity index is 594. The summed E-state index contributed by atoms with van der Waals surface area (Å²) >= 11 is 0. The van der Waals surface area contributed by atoms with Gasteiger partial charge in [0.25, 0.3) is 0 Å². The van der Waals surface area contributed by atoms with Gasteiger partial charge >= 0.3 is 0 Å². The number of hydrogen-bond acceptors (Lipinski definition) is 6. The molecule has 6 nitrogen and oxygen atoms in total. The van der Waals surface area contributed by atoms with Gasteiger partial charge in [-0.2, -0.15) is 0 Å². The van der Waals surface area contributed by atoms with Crippen molar-refractivity contribution in [2.75, 3.05) is 39.4 Å². The van der Waals surface area contributed by atoms with Crippen LogP contribution >= 0.6 is 24.8 Å². The molecule has 2 atom stereocenters. The molecule has 2 rings (SSSR count). The minimum Gasteiger partial charge on any atom is -0.491 e. The maximum atomic E-state index is 10.2. The monoisotopic (exact) mass is 492 g/mol. The van der Waals surface area contributed by atoms with Crippen LogP contribution in [0.1, 0.15) is 50.7 Å². The van der Waals surface area contributed by atoms with Crippen LogP contribution in [0.4, 0.5) is 0 Å². The molecule has 0 saturated carbocycles. The Labute approximate surface area is 206 Å². The van der Waals surface area contributed by atoms with E-state index < -0.39 is 12.2 Å². The average Bonchev–Trinajstić information content (AvgIpc) is 2.77. The smallest absolute Gasteiger partial charge is 0.123 e. The van der Waals surface area contributed by atoms with E-state index in [-0.39, 0.29) is 38.0 Å². The fourth-order valence-electron chi connectivity index (χ4n) is 3.40. The third-order valence-corrected chi connectivity index (χ3v) is 5.19. The van der Waals surface area contributed by atoms with Gasteiger partial charge in [-0.25, -0.2) is 0 Å². The topological polar surface area (TPSA) is 83.0 Å². The van der Waals surface area contributed by atoms with Crippen LogP contribution in [0.15, 0.2) is 24.3 Å². The second kappa shape index (κ2) is 18.4. The van der Waals surface area contributed by atoms with Crippen LogP contribution in [0, 0.1) is 0 Å². The van der Waals surface area contributed by atoms with Crippen molar-refractivity contribution in [2.24, 2.45) is 0 Å². The predicted octanol–water partition coefficient (Wildman–Crippen LogP) is 3.44. The minimum atomic E-state index is -0.539. The third-order valence-electron chi connectivity index (χ3n) is 5.19. The molecule has 4 N–H and O–H groups in total. The molecule has 0 saturated heterocycles. The Hall–Kier alpha value is -1.02. The van der Waals surface area contributed by atoms with Crippen molar-refractivity contribution >= 4 is 24.8 Å². The van der Waals surface area contributed by atoms with Gasteiger partial charge in [0.1, 0.15) is 36.9 Å². The molecule has 8 heteroatoms. The van der Waals surface area contributed by atoms with Crippen LogP contribution in [-0.4, -0.2) is 61.8 Å². The molecule has 1 aliphatic carbocycles. The summed E-state index contributed by atoms with van der Waals surface area (Å²) in [6.07, 6.45) is 9.26.